The summed E-state index contributed by atoms with van der Waals surface area (Å²) in [5.41, 5.74) is -0.177. The van der Waals surface area contributed by atoms with Gasteiger partial charge in [0.2, 0.25) is 0 Å². The molecule has 2 aromatic rings. The lowest BCUT2D eigenvalue weighted by molar-refractivity contribution is -0.125. The van der Waals surface area contributed by atoms with Crippen LogP contribution in [0.25, 0.3) is 0 Å². The number of rotatable bonds is 7. The van der Waals surface area contributed by atoms with Crippen molar-refractivity contribution in [1.82, 2.24) is 10.6 Å². The van der Waals surface area contributed by atoms with Crippen molar-refractivity contribution in [3.05, 3.63) is 58.6 Å². The van der Waals surface area contributed by atoms with Crippen molar-refractivity contribution in [3.8, 4) is 11.5 Å². The molecule has 3 aliphatic carbocycles. The minimum Gasteiger partial charge on any atom is -0.494 e. The third-order valence-corrected chi connectivity index (χ3v) is 6.19. The van der Waals surface area contributed by atoms with E-state index < -0.39 is 11.6 Å². The molecule has 9 heteroatoms. The molecule has 0 aromatic heterocycles. The van der Waals surface area contributed by atoms with E-state index in [-0.39, 0.29) is 58.0 Å². The maximum atomic E-state index is 13.9. The van der Waals surface area contributed by atoms with Crippen molar-refractivity contribution in [3.63, 3.8) is 0 Å². The zero-order valence-electron chi connectivity index (χ0n) is 16.7. The number of amides is 2. The lowest BCUT2D eigenvalue weighted by atomic mass is 9.76. The minimum atomic E-state index is -0.619. The molecule has 6 nitrogen and oxygen atoms in total. The number of carbonyl (C=O) groups is 2. The molecule has 0 radical (unpaired) electrons. The van der Waals surface area contributed by atoms with Crippen LogP contribution >= 0.6 is 11.6 Å². The van der Waals surface area contributed by atoms with Gasteiger partial charge in [-0.3, -0.25) is 9.59 Å². The molecule has 0 saturated heterocycles. The average Bonchev–Trinajstić information content (AvgIpc) is 3.22. The second kappa shape index (κ2) is 8.34. The molecule has 3 fully saturated rings. The molecule has 0 aliphatic heterocycles. The normalized spacial score (nSPS) is 23.6. The third-order valence-electron chi connectivity index (χ3n) is 5.88. The van der Waals surface area contributed by atoms with Crippen molar-refractivity contribution in [2.75, 3.05) is 13.7 Å². The molecule has 0 heterocycles. The Kier molecular flexibility index (Phi) is 5.75. The second-order valence-electron chi connectivity index (χ2n) is 7.99. The zero-order valence-corrected chi connectivity index (χ0v) is 17.5. The van der Waals surface area contributed by atoms with Crippen LogP contribution in [0.4, 0.5) is 8.78 Å². The third kappa shape index (κ3) is 4.44. The van der Waals surface area contributed by atoms with Crippen LogP contribution in [0.2, 0.25) is 5.02 Å². The van der Waals surface area contributed by atoms with Crippen LogP contribution in [0.1, 0.15) is 29.6 Å². The number of carbonyl (C=O) groups excluding carboxylic acids is 2. The van der Waals surface area contributed by atoms with Crippen molar-refractivity contribution in [1.29, 1.82) is 0 Å². The SMILES string of the molecule is COc1ccc(C(=O)NC2CC3(NC(=O)COc4ccc(Cl)c(F)c4)CC2C3)cc1F. The first-order valence-corrected chi connectivity index (χ1v) is 10.2. The van der Waals surface area contributed by atoms with Gasteiger partial charge < -0.3 is 20.1 Å². The smallest absolute Gasteiger partial charge is 0.258 e. The molecule has 164 valence electrons. The molecule has 0 spiro atoms. The van der Waals surface area contributed by atoms with E-state index in [0.29, 0.717) is 6.42 Å². The number of methoxy groups -OCH3 is 1. The highest BCUT2D eigenvalue weighted by Gasteiger charge is 2.57. The summed E-state index contributed by atoms with van der Waals surface area (Å²) < 4.78 is 37.5. The van der Waals surface area contributed by atoms with Gasteiger partial charge in [0, 0.05) is 23.2 Å². The van der Waals surface area contributed by atoms with E-state index in [1.54, 1.807) is 0 Å². The Morgan fingerprint density at radius 2 is 1.90 bits per heavy atom. The van der Waals surface area contributed by atoms with Crippen LogP contribution < -0.4 is 20.1 Å². The van der Waals surface area contributed by atoms with Crippen LogP contribution in [-0.2, 0) is 4.79 Å². The van der Waals surface area contributed by atoms with Gasteiger partial charge in [-0.1, -0.05) is 11.6 Å². The standard InChI is InChI=1S/C22H21ClF2N2O4/c1-30-19-5-2-12(6-17(19)25)21(29)26-18-10-22(8-13(18)9-22)27-20(28)11-31-14-3-4-15(23)16(24)7-14/h2-7,13,18H,8-11H2,1H3,(H,26,29)(H,27,28). The fourth-order valence-electron chi connectivity index (χ4n) is 4.41. The molecule has 1 atom stereocenters. The molecule has 31 heavy (non-hydrogen) atoms. The lowest BCUT2D eigenvalue weighted by Gasteiger charge is -2.39. The number of ether oxygens (including phenoxy) is 2. The Hall–Kier alpha value is -2.87. The Balaban J connectivity index is 1.28. The second-order valence-corrected chi connectivity index (χ2v) is 8.40. The Labute approximate surface area is 182 Å². The number of nitrogens with one attached hydrogen (secondary N) is 2. The van der Waals surface area contributed by atoms with Crippen LogP contribution in [0.3, 0.4) is 0 Å². The van der Waals surface area contributed by atoms with E-state index in [9.17, 15) is 18.4 Å². The van der Waals surface area contributed by atoms with E-state index in [1.807, 2.05) is 0 Å². The summed E-state index contributed by atoms with van der Waals surface area (Å²) in [6.45, 7) is -0.254. The fourth-order valence-corrected chi connectivity index (χ4v) is 4.53. The molecule has 1 unspecified atom stereocenters. The maximum Gasteiger partial charge on any atom is 0.258 e. The summed E-state index contributed by atoms with van der Waals surface area (Å²) in [5.74, 6) is -1.37. The molecule has 2 N–H and O–H groups in total. The summed E-state index contributed by atoms with van der Waals surface area (Å²) in [4.78, 5) is 24.8. The van der Waals surface area contributed by atoms with Crippen LogP contribution in [-0.4, -0.2) is 37.1 Å². The number of halogens is 3. The van der Waals surface area contributed by atoms with Crippen LogP contribution in [0.5, 0.6) is 11.5 Å². The Bertz CT molecular complexity index is 1030. The minimum absolute atomic E-state index is 0.0207. The van der Waals surface area contributed by atoms with Crippen LogP contribution in [0.15, 0.2) is 36.4 Å². The van der Waals surface area contributed by atoms with Gasteiger partial charge >= 0.3 is 0 Å². The lowest BCUT2D eigenvalue weighted by Crippen LogP contribution is -2.53. The van der Waals surface area contributed by atoms with Gasteiger partial charge in [0.25, 0.3) is 11.8 Å². The number of hydrogen-bond acceptors (Lipinski definition) is 4. The summed E-state index contributed by atoms with van der Waals surface area (Å²) in [5, 5.41) is 5.89. The molecule has 2 bridgehead atoms. The number of fused-ring (bicyclic) bond motifs is 1. The summed E-state index contributed by atoms with van der Waals surface area (Å²) in [6, 6.07) is 7.91. The van der Waals surface area contributed by atoms with E-state index in [4.69, 9.17) is 21.1 Å². The quantitative estimate of drug-likeness (QED) is 0.677. The molecule has 5 rings (SSSR count). The average molecular weight is 451 g/mol. The topological polar surface area (TPSA) is 76.7 Å². The highest BCUT2D eigenvalue weighted by atomic mass is 35.5. The molecule has 3 saturated carbocycles. The first-order chi connectivity index (χ1) is 14.8. The van der Waals surface area contributed by atoms with Gasteiger partial charge in [0.15, 0.2) is 18.2 Å². The molecule has 2 amide bonds. The highest BCUT2D eigenvalue weighted by molar-refractivity contribution is 6.30. The van der Waals surface area contributed by atoms with E-state index >= 15 is 0 Å². The van der Waals surface area contributed by atoms with Gasteiger partial charge in [0.05, 0.1) is 12.1 Å². The summed E-state index contributed by atoms with van der Waals surface area (Å²) in [6.07, 6.45) is 2.08. The first kappa shape index (κ1) is 21.4. The fraction of sp³-hybridized carbons (Fsp3) is 0.364. The highest BCUT2D eigenvalue weighted by Crippen LogP contribution is 2.52. The predicted octanol–water partition coefficient (Wildman–Crippen LogP) is 3.47. The number of benzene rings is 2. The zero-order chi connectivity index (χ0) is 22.2. The van der Waals surface area contributed by atoms with Gasteiger partial charge in [-0.25, -0.2) is 8.78 Å². The predicted molar refractivity (Wildman–Crippen MR) is 109 cm³/mol. The largest absolute Gasteiger partial charge is 0.494 e. The molecule has 3 aliphatic rings. The summed E-state index contributed by atoms with van der Waals surface area (Å²) in [7, 11) is 1.36. The van der Waals surface area contributed by atoms with Gasteiger partial charge in [-0.2, -0.15) is 0 Å². The maximum absolute atomic E-state index is 13.9. The van der Waals surface area contributed by atoms with Gasteiger partial charge in [0.1, 0.15) is 11.6 Å². The monoisotopic (exact) mass is 450 g/mol. The summed E-state index contributed by atoms with van der Waals surface area (Å²) >= 11 is 5.63. The van der Waals surface area contributed by atoms with E-state index in [2.05, 4.69) is 10.6 Å². The first-order valence-electron chi connectivity index (χ1n) is 9.82. The Morgan fingerprint density at radius 1 is 1.13 bits per heavy atom. The molecular formula is C22H21ClF2N2O4. The van der Waals surface area contributed by atoms with E-state index in [0.717, 1.165) is 25.0 Å². The van der Waals surface area contributed by atoms with Crippen molar-refractivity contribution in [2.24, 2.45) is 5.92 Å². The van der Waals surface area contributed by atoms with Gasteiger partial charge in [-0.15, -0.1) is 0 Å². The Morgan fingerprint density at radius 3 is 2.58 bits per heavy atom. The van der Waals surface area contributed by atoms with Crippen molar-refractivity contribution in [2.45, 2.75) is 30.8 Å². The molecular weight excluding hydrogens is 430 g/mol. The van der Waals surface area contributed by atoms with E-state index in [1.165, 1.54) is 31.4 Å². The van der Waals surface area contributed by atoms with Crippen molar-refractivity contribution < 1.29 is 27.8 Å². The van der Waals surface area contributed by atoms with Gasteiger partial charge in [-0.05, 0) is 55.5 Å². The number of hydrogen-bond donors (Lipinski definition) is 2. The van der Waals surface area contributed by atoms with Crippen molar-refractivity contribution >= 4 is 23.4 Å². The molecule has 2 aromatic carbocycles. The van der Waals surface area contributed by atoms with Crippen LogP contribution in [0, 0.1) is 17.6 Å².